The lowest BCUT2D eigenvalue weighted by Crippen LogP contribution is -2.22. The summed E-state index contributed by atoms with van der Waals surface area (Å²) in [5.41, 5.74) is 43.0. The van der Waals surface area contributed by atoms with Gasteiger partial charge in [-0.3, -0.25) is 13.7 Å². The van der Waals surface area contributed by atoms with Crippen LogP contribution >= 0.6 is 0 Å². The monoisotopic (exact) mass is 1730 g/mol. The highest BCUT2D eigenvalue weighted by atomic mass is 15.3. The van der Waals surface area contributed by atoms with Gasteiger partial charge >= 0.3 is 0 Å². The third-order valence-corrected chi connectivity index (χ3v) is 29.1. The Morgan fingerprint density at radius 1 is 0.257 bits per heavy atom. The number of anilines is 9. The molecule has 6 heterocycles. The second-order valence-electron chi connectivity index (χ2n) is 36.3. The smallest absolute Gasteiger partial charge is 0.145 e. The minimum Gasteiger partial charge on any atom is -0.306 e. The molecule has 8 aliphatic rings. The molecule has 3 aliphatic heterocycles. The number of hydrogen-bond donors (Lipinski definition) is 0. The van der Waals surface area contributed by atoms with Crippen molar-refractivity contribution in [1.29, 1.82) is 0 Å². The van der Waals surface area contributed by atoms with Gasteiger partial charge in [0.05, 0.1) is 84.3 Å². The Hall–Kier alpha value is -18.1. The van der Waals surface area contributed by atoms with Gasteiger partial charge in [0, 0.05) is 39.7 Å². The van der Waals surface area contributed by atoms with E-state index in [4.69, 9.17) is 15.0 Å². The van der Waals surface area contributed by atoms with E-state index < -0.39 is 0 Å². The van der Waals surface area contributed by atoms with E-state index in [-0.39, 0.29) is 0 Å². The summed E-state index contributed by atoms with van der Waals surface area (Å²) in [5, 5.41) is 13.1. The van der Waals surface area contributed by atoms with E-state index in [9.17, 15) is 0 Å². The van der Waals surface area contributed by atoms with E-state index >= 15 is 0 Å². The second kappa shape index (κ2) is 29.7. The Morgan fingerprint density at radius 3 is 1.15 bits per heavy atom. The Bertz CT molecular complexity index is 9230. The zero-order valence-electron chi connectivity index (χ0n) is 73.7. The molecule has 20 aromatic carbocycles. The van der Waals surface area contributed by atoms with E-state index in [2.05, 4.69) is 490 Å². The molecular formula is C127H79N9. The number of rotatable bonds is 9. The van der Waals surface area contributed by atoms with Crippen LogP contribution in [0.25, 0.3) is 188 Å². The molecule has 3 aromatic heterocycles. The number of benzene rings is 20. The van der Waals surface area contributed by atoms with Crippen LogP contribution < -0.4 is 14.7 Å². The molecule has 5 aliphatic carbocycles. The van der Waals surface area contributed by atoms with Crippen LogP contribution in [0.15, 0.2) is 489 Å². The summed E-state index contributed by atoms with van der Waals surface area (Å²) in [6.07, 6.45) is 19.4. The van der Waals surface area contributed by atoms with E-state index in [1.807, 2.05) is 0 Å². The molecule has 9 nitrogen and oxygen atoms in total. The Balaban J connectivity index is 0.0000000990. The van der Waals surface area contributed by atoms with Crippen LogP contribution in [-0.2, 0) is 0 Å². The summed E-state index contributed by atoms with van der Waals surface area (Å²) >= 11 is 0. The number of hydrogen-bond acceptors (Lipinski definition) is 6. The van der Waals surface area contributed by atoms with Gasteiger partial charge in [-0.15, -0.1) is 0 Å². The van der Waals surface area contributed by atoms with Gasteiger partial charge in [-0.2, -0.15) is 0 Å². The molecule has 632 valence electrons. The van der Waals surface area contributed by atoms with Crippen molar-refractivity contribution in [3.63, 3.8) is 0 Å². The normalized spacial score (nSPS) is 14.6. The number of para-hydroxylation sites is 6. The highest BCUT2D eigenvalue weighted by Crippen LogP contribution is 2.58. The van der Waals surface area contributed by atoms with Crippen LogP contribution in [0, 0.1) is 5.92 Å². The molecule has 136 heavy (non-hydrogen) atoms. The van der Waals surface area contributed by atoms with Crippen LogP contribution in [-0.4, -0.2) is 28.7 Å². The van der Waals surface area contributed by atoms with Crippen LogP contribution in [0.4, 0.5) is 51.2 Å². The molecule has 1 atom stereocenters. The molecule has 23 aromatic rings. The van der Waals surface area contributed by atoms with Crippen LogP contribution in [0.5, 0.6) is 0 Å². The first kappa shape index (κ1) is 75.7. The first-order valence-electron chi connectivity index (χ1n) is 46.9. The van der Waals surface area contributed by atoms with Crippen molar-refractivity contribution in [3.8, 4) is 95.7 Å². The van der Waals surface area contributed by atoms with E-state index in [1.54, 1.807) is 0 Å². The molecule has 0 N–H and O–H groups in total. The third-order valence-electron chi connectivity index (χ3n) is 29.1. The number of allylic oxidation sites excluding steroid dienone is 14. The summed E-state index contributed by atoms with van der Waals surface area (Å²) < 4.78 is 7.07. The zero-order valence-corrected chi connectivity index (χ0v) is 73.7. The summed E-state index contributed by atoms with van der Waals surface area (Å²) in [6.45, 7) is 0. The van der Waals surface area contributed by atoms with Gasteiger partial charge in [0.1, 0.15) is 17.5 Å². The molecule has 0 fully saturated rings. The molecule has 0 radical (unpaired) electrons. The summed E-state index contributed by atoms with van der Waals surface area (Å²) in [4.78, 5) is 22.8. The fraction of sp³-hybridized carbons (Fsp3) is 0.0157. The van der Waals surface area contributed by atoms with Crippen LogP contribution in [0.2, 0.25) is 0 Å². The van der Waals surface area contributed by atoms with Gasteiger partial charge in [-0.25, -0.2) is 15.0 Å². The van der Waals surface area contributed by atoms with Crippen molar-refractivity contribution >= 4 is 144 Å². The van der Waals surface area contributed by atoms with Gasteiger partial charge in [-0.1, -0.05) is 352 Å². The average molecular weight is 1730 g/mol. The molecule has 9 heteroatoms. The molecule has 0 saturated heterocycles. The minimum absolute atomic E-state index is 0.292. The second-order valence-corrected chi connectivity index (χ2v) is 36.3. The molecule has 0 saturated carbocycles. The predicted molar refractivity (Wildman–Crippen MR) is 564 cm³/mol. The highest BCUT2D eigenvalue weighted by Gasteiger charge is 2.39. The fourth-order valence-electron chi connectivity index (χ4n) is 23.4. The summed E-state index contributed by atoms with van der Waals surface area (Å²) in [5.74, 6) is 3.17. The van der Waals surface area contributed by atoms with Gasteiger partial charge < -0.3 is 14.7 Å². The van der Waals surface area contributed by atoms with Gasteiger partial charge in [-0.05, 0) is 253 Å². The Kier molecular flexibility index (Phi) is 16.6. The van der Waals surface area contributed by atoms with Gasteiger partial charge in [0.25, 0.3) is 0 Å². The summed E-state index contributed by atoms with van der Waals surface area (Å²) in [6, 6.07) is 149. The fourth-order valence-corrected chi connectivity index (χ4v) is 23.4. The summed E-state index contributed by atoms with van der Waals surface area (Å²) in [7, 11) is 0. The first-order valence-corrected chi connectivity index (χ1v) is 46.9. The molecular weight excluding hydrogens is 1650 g/mol. The third kappa shape index (κ3) is 11.3. The average Bonchev–Trinajstić information content (AvgIpc) is 1.40. The van der Waals surface area contributed by atoms with E-state index in [0.29, 0.717) is 5.92 Å². The molecule has 0 spiro atoms. The van der Waals surface area contributed by atoms with Crippen molar-refractivity contribution in [2.24, 2.45) is 5.92 Å². The quantitative estimate of drug-likeness (QED) is 0.106. The maximum absolute atomic E-state index is 5.21. The minimum atomic E-state index is 0.292. The lowest BCUT2D eigenvalue weighted by molar-refractivity contribution is 0.836. The molecule has 0 amide bonds. The topological polar surface area (TPSA) is 63.2 Å². The maximum atomic E-state index is 5.21. The number of aromatic nitrogens is 6. The van der Waals surface area contributed by atoms with Crippen LogP contribution in [0.1, 0.15) is 12.0 Å². The largest absolute Gasteiger partial charge is 0.306 e. The van der Waals surface area contributed by atoms with Crippen molar-refractivity contribution in [1.82, 2.24) is 28.7 Å². The maximum Gasteiger partial charge on any atom is 0.145 e. The number of fused-ring (bicyclic) bond motifs is 11. The number of nitrogens with zero attached hydrogens (tertiary/aromatic N) is 9. The van der Waals surface area contributed by atoms with Crippen molar-refractivity contribution < 1.29 is 0 Å². The van der Waals surface area contributed by atoms with E-state index in [0.717, 1.165) is 142 Å². The van der Waals surface area contributed by atoms with E-state index in [1.165, 1.54) is 137 Å². The Labute approximate surface area is 784 Å². The first-order chi connectivity index (χ1) is 67.5. The van der Waals surface area contributed by atoms with Crippen molar-refractivity contribution in [2.45, 2.75) is 6.42 Å². The standard InChI is InChI=1S/C45H27N3.C41H27N3.C41H25N3/c1-3-11-29(12-4-1)45-46-38-21-10-22-40-44(38)48(45)39-26-23-30(27-41(39)47(40)31-15-5-2-6-16-31)32-24-25-37-35-18-8-14-28-13-7-17-34(42(28)35)36-20-9-19-33(32)43(36)37;1-3-10-28(11-4-1)41-42-34-18-9-19-36-40(34)44(41)35-23-22-29(25-37(35)43(36)31-15-5-2-6-16-31)33-24-30-14-7-12-26-20-21-27-13-8-17-32(33)39(27)38(26)30;1-3-11-26(12-4-1)41-42-35-19-10-20-37-40(35)44(41)36-24-21-27(25-38(36)43(37)28-13-5-2-6-14-28)29-22-23-34-31-16-8-7-15-30(31)33-18-9-17-32(29)39(33)34/h1-27H;1-13,15-25,39H,14H2;1-25H. The molecule has 0 bridgehead atoms. The predicted octanol–water partition coefficient (Wildman–Crippen LogP) is 33.2. The van der Waals surface area contributed by atoms with Crippen molar-refractivity contribution in [3.05, 3.63) is 495 Å². The lowest BCUT2D eigenvalue weighted by Gasteiger charge is -2.37. The molecule has 1 unspecified atom stereocenters. The highest BCUT2D eigenvalue weighted by molar-refractivity contribution is 6.34. The van der Waals surface area contributed by atoms with Gasteiger partial charge in [0.2, 0.25) is 0 Å². The Morgan fingerprint density at radius 2 is 0.647 bits per heavy atom. The lowest BCUT2D eigenvalue weighted by atomic mass is 9.66. The van der Waals surface area contributed by atoms with Crippen molar-refractivity contribution in [2.75, 3.05) is 14.7 Å². The van der Waals surface area contributed by atoms with Crippen LogP contribution in [0.3, 0.4) is 0 Å². The van der Waals surface area contributed by atoms with Gasteiger partial charge in [0.15, 0.2) is 0 Å². The number of imidazole rings is 3. The molecule has 31 rings (SSSR count). The zero-order chi connectivity index (χ0) is 88.9. The SMILES string of the molecule is C1=CC2=C(c3ccc4c(c3)N(c3ccccc3)c3cccc5nc(-c6ccccc6)n-4c35)C=C3CC=CC4=C3C2C(=C1)C=C4.c1ccc(-c2nc3cccc4c3n2-c2ccc(-c3ccc5c6c(cccc36)-c3ccccc3-5)cc2N4c2ccccc2)cc1.c1ccc(-c2nc3cccc4c3n2-c2ccc(-c3ccc5c6cccc7cccc(c8cccc3c85)c76)cc2N4c2ccccc2)cc1.